The first-order valence-corrected chi connectivity index (χ1v) is 18.7. The lowest BCUT2D eigenvalue weighted by atomic mass is 9.68. The molecular weight excluding hydrogens is 651 g/mol. The van der Waals surface area contributed by atoms with Crippen LogP contribution in [0.25, 0.3) is 44.2 Å². The van der Waals surface area contributed by atoms with E-state index in [9.17, 15) is 0 Å². The summed E-state index contributed by atoms with van der Waals surface area (Å²) in [6.07, 6.45) is 0. The van der Waals surface area contributed by atoms with Gasteiger partial charge in [0.15, 0.2) is 0 Å². The first-order chi connectivity index (χ1) is 26.8. The van der Waals surface area contributed by atoms with E-state index >= 15 is 0 Å². The molecule has 9 aromatic carbocycles. The van der Waals surface area contributed by atoms with Crippen molar-refractivity contribution in [2.45, 2.75) is 5.41 Å². The summed E-state index contributed by atoms with van der Waals surface area (Å²) < 4.78 is 0. The van der Waals surface area contributed by atoms with Gasteiger partial charge in [0.1, 0.15) is 0 Å². The number of nitrogens with zero attached hydrogens (tertiary/aromatic N) is 1. The molecule has 0 bridgehead atoms. The van der Waals surface area contributed by atoms with E-state index in [2.05, 4.69) is 229 Å². The van der Waals surface area contributed by atoms with Gasteiger partial charge < -0.3 is 4.90 Å². The van der Waals surface area contributed by atoms with E-state index in [1.54, 1.807) is 0 Å². The lowest BCUT2D eigenvalue weighted by Gasteiger charge is -2.34. The Labute approximate surface area is 317 Å². The molecular formula is C53H37N. The lowest BCUT2D eigenvalue weighted by Crippen LogP contribution is -2.28. The summed E-state index contributed by atoms with van der Waals surface area (Å²) in [5.41, 5.74) is 15.3. The molecule has 1 aliphatic rings. The zero-order valence-corrected chi connectivity index (χ0v) is 29.8. The van der Waals surface area contributed by atoms with Crippen LogP contribution in [0.2, 0.25) is 0 Å². The third kappa shape index (κ3) is 5.17. The van der Waals surface area contributed by atoms with E-state index in [0.29, 0.717) is 0 Å². The van der Waals surface area contributed by atoms with Gasteiger partial charge >= 0.3 is 0 Å². The quantitative estimate of drug-likeness (QED) is 0.161. The van der Waals surface area contributed by atoms with Crippen LogP contribution in [0, 0.1) is 0 Å². The highest BCUT2D eigenvalue weighted by molar-refractivity contribution is 5.99. The molecule has 254 valence electrons. The molecule has 0 saturated heterocycles. The fourth-order valence-corrected chi connectivity index (χ4v) is 8.70. The summed E-state index contributed by atoms with van der Waals surface area (Å²) in [7, 11) is 0. The minimum Gasteiger partial charge on any atom is -0.310 e. The summed E-state index contributed by atoms with van der Waals surface area (Å²) in [6.45, 7) is 0. The predicted molar refractivity (Wildman–Crippen MR) is 227 cm³/mol. The van der Waals surface area contributed by atoms with Crippen molar-refractivity contribution in [3.05, 3.63) is 247 Å². The average molecular weight is 688 g/mol. The average Bonchev–Trinajstić information content (AvgIpc) is 3.57. The Balaban J connectivity index is 1.23. The molecule has 0 aliphatic heterocycles. The SMILES string of the molecule is c1ccc(-c2ccc(N(c3ccc4ccc(-c5ccccc5)cc4c3)c3cccc4c3-c3ccccc3C4(c3ccccc3)c3ccccc3)cc2)cc1. The molecule has 0 radical (unpaired) electrons. The van der Waals surface area contributed by atoms with E-state index in [1.807, 2.05) is 0 Å². The van der Waals surface area contributed by atoms with Crippen LogP contribution in [-0.4, -0.2) is 0 Å². The summed E-state index contributed by atoms with van der Waals surface area (Å²) in [5.74, 6) is 0. The van der Waals surface area contributed by atoms with Crippen LogP contribution in [0.3, 0.4) is 0 Å². The Morgan fingerprint density at radius 3 is 1.48 bits per heavy atom. The van der Waals surface area contributed by atoms with Gasteiger partial charge in [0.2, 0.25) is 0 Å². The Bertz CT molecular complexity index is 2700. The molecule has 0 unspecified atom stereocenters. The predicted octanol–water partition coefficient (Wildman–Crippen LogP) is 14.0. The molecule has 0 N–H and O–H groups in total. The molecule has 0 fully saturated rings. The minimum atomic E-state index is -0.485. The van der Waals surface area contributed by atoms with Crippen molar-refractivity contribution < 1.29 is 0 Å². The zero-order valence-electron chi connectivity index (χ0n) is 29.8. The molecule has 0 heterocycles. The number of rotatable bonds is 7. The molecule has 0 amide bonds. The summed E-state index contributed by atoms with van der Waals surface area (Å²) >= 11 is 0. The molecule has 9 aromatic rings. The Hall–Kier alpha value is -6.96. The van der Waals surface area contributed by atoms with Crippen molar-refractivity contribution in [2.24, 2.45) is 0 Å². The van der Waals surface area contributed by atoms with E-state index < -0.39 is 5.41 Å². The summed E-state index contributed by atoms with van der Waals surface area (Å²) in [4.78, 5) is 2.46. The minimum absolute atomic E-state index is 0.485. The first kappa shape index (κ1) is 31.7. The second kappa shape index (κ2) is 13.2. The van der Waals surface area contributed by atoms with Gasteiger partial charge in [0.05, 0.1) is 11.1 Å². The largest absolute Gasteiger partial charge is 0.310 e. The Morgan fingerprint density at radius 1 is 0.315 bits per heavy atom. The van der Waals surface area contributed by atoms with Crippen LogP contribution >= 0.6 is 0 Å². The molecule has 10 rings (SSSR count). The van der Waals surface area contributed by atoms with Gasteiger partial charge in [-0.2, -0.15) is 0 Å². The van der Waals surface area contributed by atoms with Crippen LogP contribution < -0.4 is 4.90 Å². The van der Waals surface area contributed by atoms with E-state index in [4.69, 9.17) is 0 Å². The number of benzene rings is 9. The first-order valence-electron chi connectivity index (χ1n) is 18.7. The van der Waals surface area contributed by atoms with Crippen molar-refractivity contribution in [1.82, 2.24) is 0 Å². The van der Waals surface area contributed by atoms with Crippen molar-refractivity contribution in [3.8, 4) is 33.4 Å². The standard InChI is InChI=1S/C53H37N/c1-5-16-38(17-6-1)40-30-33-46(34-31-40)54(47-35-32-41-28-29-42(36-43(41)37-47)39-18-7-2-8-19-39)51-27-15-26-50-52(51)48-24-13-14-25-49(48)53(50,44-20-9-3-10-21-44)45-22-11-4-12-23-45/h1-37H. The van der Waals surface area contributed by atoms with Crippen molar-refractivity contribution in [2.75, 3.05) is 4.90 Å². The number of hydrogen-bond donors (Lipinski definition) is 0. The number of hydrogen-bond acceptors (Lipinski definition) is 1. The summed E-state index contributed by atoms with van der Waals surface area (Å²) in [6, 6.07) is 82.0. The molecule has 0 atom stereocenters. The monoisotopic (exact) mass is 687 g/mol. The Morgan fingerprint density at radius 2 is 0.815 bits per heavy atom. The second-order valence-corrected chi connectivity index (χ2v) is 14.1. The maximum Gasteiger partial charge on any atom is 0.0714 e. The number of fused-ring (bicyclic) bond motifs is 4. The van der Waals surface area contributed by atoms with Crippen molar-refractivity contribution >= 4 is 27.8 Å². The van der Waals surface area contributed by atoms with E-state index in [1.165, 1.54) is 66.4 Å². The smallest absolute Gasteiger partial charge is 0.0714 e. The third-order valence-corrected chi connectivity index (χ3v) is 11.1. The van der Waals surface area contributed by atoms with Gasteiger partial charge in [-0.15, -0.1) is 0 Å². The van der Waals surface area contributed by atoms with Gasteiger partial charge in [-0.05, 0) is 97.2 Å². The lowest BCUT2D eigenvalue weighted by molar-refractivity contribution is 0.768. The van der Waals surface area contributed by atoms with Crippen molar-refractivity contribution in [1.29, 1.82) is 0 Å². The highest BCUT2D eigenvalue weighted by Gasteiger charge is 2.47. The molecule has 0 aromatic heterocycles. The van der Waals surface area contributed by atoms with Crippen LogP contribution in [-0.2, 0) is 5.41 Å². The molecule has 1 nitrogen and oxygen atoms in total. The fraction of sp³-hybridized carbons (Fsp3) is 0.0189. The second-order valence-electron chi connectivity index (χ2n) is 14.1. The zero-order chi connectivity index (χ0) is 35.9. The normalized spacial score (nSPS) is 12.6. The van der Waals surface area contributed by atoms with Gasteiger partial charge in [-0.3, -0.25) is 0 Å². The summed E-state index contributed by atoms with van der Waals surface area (Å²) in [5, 5.41) is 2.42. The van der Waals surface area contributed by atoms with Crippen LogP contribution in [0.1, 0.15) is 22.3 Å². The molecule has 1 heteroatoms. The highest BCUT2D eigenvalue weighted by Crippen LogP contribution is 2.59. The van der Waals surface area contributed by atoms with E-state index in [0.717, 1.165) is 17.1 Å². The molecule has 0 saturated carbocycles. The Kier molecular flexibility index (Phi) is 7.78. The topological polar surface area (TPSA) is 3.24 Å². The molecule has 0 spiro atoms. The highest BCUT2D eigenvalue weighted by atomic mass is 15.1. The van der Waals surface area contributed by atoms with Crippen LogP contribution in [0.15, 0.2) is 224 Å². The van der Waals surface area contributed by atoms with Gasteiger partial charge in [0.25, 0.3) is 0 Å². The van der Waals surface area contributed by atoms with Crippen LogP contribution in [0.4, 0.5) is 17.1 Å². The third-order valence-electron chi connectivity index (χ3n) is 11.1. The van der Waals surface area contributed by atoms with Gasteiger partial charge in [-0.1, -0.05) is 188 Å². The number of anilines is 3. The maximum atomic E-state index is 2.46. The maximum absolute atomic E-state index is 2.46. The van der Waals surface area contributed by atoms with E-state index in [-0.39, 0.29) is 0 Å². The van der Waals surface area contributed by atoms with Crippen molar-refractivity contribution in [3.63, 3.8) is 0 Å². The van der Waals surface area contributed by atoms with Crippen LogP contribution in [0.5, 0.6) is 0 Å². The molecule has 54 heavy (non-hydrogen) atoms. The van der Waals surface area contributed by atoms with Gasteiger partial charge in [-0.25, -0.2) is 0 Å². The molecule has 1 aliphatic carbocycles. The van der Waals surface area contributed by atoms with Gasteiger partial charge in [0, 0.05) is 16.9 Å². The fourth-order valence-electron chi connectivity index (χ4n) is 8.70.